The van der Waals surface area contributed by atoms with E-state index >= 15 is 0 Å². The van der Waals surface area contributed by atoms with E-state index in [-0.39, 0.29) is 5.56 Å². The molecular weight excluding hydrogens is 224 g/mol. The van der Waals surface area contributed by atoms with Gasteiger partial charge < -0.3 is 15.2 Å². The maximum absolute atomic E-state index is 12.5. The number of nitriles is 1. The smallest absolute Gasteiger partial charge is 0.406 e. The second-order valence-corrected chi connectivity index (χ2v) is 2.76. The van der Waals surface area contributed by atoms with Gasteiger partial charge in [-0.3, -0.25) is 0 Å². The van der Waals surface area contributed by atoms with Gasteiger partial charge in [0.2, 0.25) is 5.75 Å². The molecule has 1 N–H and O–H groups in total. The number of alkyl halides is 2. The zero-order chi connectivity index (χ0) is 12.3. The Hall–Kier alpha value is -2.30. The van der Waals surface area contributed by atoms with Crippen LogP contribution in [0, 0.1) is 21.4 Å². The van der Waals surface area contributed by atoms with Crippen LogP contribution in [0.3, 0.4) is 0 Å². The normalized spacial score (nSPS) is 10.1. The lowest BCUT2D eigenvalue weighted by Gasteiger charge is -2.06. The van der Waals surface area contributed by atoms with Gasteiger partial charge in [-0.25, -0.2) is 8.78 Å². The summed E-state index contributed by atoms with van der Waals surface area (Å²) in [6.07, 6.45) is -2.72. The molecule has 0 aromatic carbocycles. The van der Waals surface area contributed by atoms with Crippen molar-refractivity contribution in [2.75, 3.05) is 0 Å². The molecule has 0 atom stereocenters. The molecule has 1 aromatic rings. The van der Waals surface area contributed by atoms with E-state index in [0.29, 0.717) is 0 Å². The van der Waals surface area contributed by atoms with Crippen molar-refractivity contribution in [2.45, 2.75) is 12.8 Å². The van der Waals surface area contributed by atoms with Gasteiger partial charge in [0.25, 0.3) is 6.43 Å². The van der Waals surface area contributed by atoms with Crippen LogP contribution >= 0.6 is 0 Å². The number of aromatic hydroxyl groups is 1. The van der Waals surface area contributed by atoms with E-state index in [1.54, 1.807) is 6.07 Å². The fourth-order valence-corrected chi connectivity index (χ4v) is 1.15. The Kier molecular flexibility index (Phi) is 3.30. The Bertz CT molecular complexity index is 470. The fraction of sp³-hybridized carbons (Fsp3) is 0.250. The van der Waals surface area contributed by atoms with Crippen molar-refractivity contribution in [1.29, 1.82) is 5.26 Å². The first-order chi connectivity index (χ1) is 7.49. The average molecular weight is 229 g/mol. The number of nitrogens with zero attached hydrogens (tertiary/aromatic N) is 3. The molecule has 1 rings (SSSR count). The predicted molar refractivity (Wildman–Crippen MR) is 46.8 cm³/mol. The summed E-state index contributed by atoms with van der Waals surface area (Å²) in [6.45, 7) is 0. The summed E-state index contributed by atoms with van der Waals surface area (Å²) in [5, 5.41) is 27.9. The van der Waals surface area contributed by atoms with Gasteiger partial charge in [0.05, 0.1) is 18.1 Å². The van der Waals surface area contributed by atoms with Crippen LogP contribution in [0.25, 0.3) is 0 Å². The third-order valence-corrected chi connectivity index (χ3v) is 1.82. The van der Waals surface area contributed by atoms with Gasteiger partial charge in [-0.15, -0.1) is 0 Å². The highest BCUT2D eigenvalue weighted by molar-refractivity contribution is 5.50. The van der Waals surface area contributed by atoms with Gasteiger partial charge in [0, 0.05) is 5.56 Å². The zero-order valence-corrected chi connectivity index (χ0v) is 7.72. The molecule has 0 amide bonds. The molecule has 0 unspecified atom stereocenters. The molecule has 1 heterocycles. The molecule has 6 nitrogen and oxygen atoms in total. The molecule has 8 heteroatoms. The topological polar surface area (TPSA) is 100 Å². The van der Waals surface area contributed by atoms with Gasteiger partial charge in [0.1, 0.15) is 6.20 Å². The SMILES string of the molecule is N#CCc1cnc([N+](=O)[O-])c(O)c1C(F)F. The van der Waals surface area contributed by atoms with Crippen LogP contribution in [0.15, 0.2) is 6.20 Å². The van der Waals surface area contributed by atoms with Crippen LogP contribution in [0.1, 0.15) is 17.6 Å². The molecule has 16 heavy (non-hydrogen) atoms. The summed E-state index contributed by atoms with van der Waals surface area (Å²) < 4.78 is 25.1. The van der Waals surface area contributed by atoms with Crippen LogP contribution in [0.4, 0.5) is 14.6 Å². The number of rotatable bonds is 3. The van der Waals surface area contributed by atoms with Crippen LogP contribution in [0.5, 0.6) is 5.75 Å². The van der Waals surface area contributed by atoms with Gasteiger partial charge in [-0.1, -0.05) is 0 Å². The Morgan fingerprint density at radius 2 is 2.31 bits per heavy atom. The molecule has 0 radical (unpaired) electrons. The second kappa shape index (κ2) is 4.48. The summed E-state index contributed by atoms with van der Waals surface area (Å²) in [7, 11) is 0. The molecule has 0 saturated carbocycles. The maximum Gasteiger partial charge on any atom is 0.406 e. The minimum Gasteiger partial charge on any atom is -0.501 e. The van der Waals surface area contributed by atoms with Crippen molar-refractivity contribution in [1.82, 2.24) is 4.98 Å². The highest BCUT2D eigenvalue weighted by Crippen LogP contribution is 2.36. The third-order valence-electron chi connectivity index (χ3n) is 1.82. The first-order valence-electron chi connectivity index (χ1n) is 3.99. The standard InChI is InChI=1S/C8H5F2N3O3/c9-7(10)5-4(1-2-11)3-12-8(6(5)14)13(15)16/h3,7,14H,1H2. The largest absolute Gasteiger partial charge is 0.501 e. The van der Waals surface area contributed by atoms with Crippen molar-refractivity contribution >= 4 is 5.82 Å². The molecule has 0 saturated heterocycles. The van der Waals surface area contributed by atoms with Crippen molar-refractivity contribution in [2.24, 2.45) is 0 Å². The lowest BCUT2D eigenvalue weighted by molar-refractivity contribution is -0.390. The summed E-state index contributed by atoms with van der Waals surface area (Å²) in [5.41, 5.74) is -1.14. The van der Waals surface area contributed by atoms with Crippen molar-refractivity contribution in [3.8, 4) is 11.8 Å². The summed E-state index contributed by atoms with van der Waals surface area (Å²) in [4.78, 5) is 12.5. The number of nitro groups is 1. The van der Waals surface area contributed by atoms with Crippen LogP contribution in [-0.2, 0) is 6.42 Å². The second-order valence-electron chi connectivity index (χ2n) is 2.76. The molecule has 84 valence electrons. The molecule has 1 aromatic heterocycles. The molecular formula is C8H5F2N3O3. The van der Waals surface area contributed by atoms with Gasteiger partial charge in [0.15, 0.2) is 0 Å². The van der Waals surface area contributed by atoms with Crippen molar-refractivity contribution < 1.29 is 18.8 Å². The van der Waals surface area contributed by atoms with Crippen LogP contribution in [-0.4, -0.2) is 15.0 Å². The van der Waals surface area contributed by atoms with Gasteiger partial charge in [-0.2, -0.15) is 5.26 Å². The number of halogens is 2. The van der Waals surface area contributed by atoms with E-state index in [4.69, 9.17) is 5.26 Å². The maximum atomic E-state index is 12.5. The first-order valence-corrected chi connectivity index (χ1v) is 3.99. The lowest BCUT2D eigenvalue weighted by Crippen LogP contribution is -2.01. The zero-order valence-electron chi connectivity index (χ0n) is 7.72. The minimum atomic E-state index is -3.11. The van der Waals surface area contributed by atoms with E-state index in [2.05, 4.69) is 4.98 Å². The fourth-order valence-electron chi connectivity index (χ4n) is 1.15. The van der Waals surface area contributed by atoms with Gasteiger partial charge >= 0.3 is 5.82 Å². The summed E-state index contributed by atoms with van der Waals surface area (Å²) >= 11 is 0. The quantitative estimate of drug-likeness (QED) is 0.627. The number of hydrogen-bond donors (Lipinski definition) is 1. The number of aromatic nitrogens is 1. The van der Waals surface area contributed by atoms with E-state index in [1.807, 2.05) is 0 Å². The highest BCUT2D eigenvalue weighted by Gasteiger charge is 2.27. The molecule has 0 spiro atoms. The predicted octanol–water partition coefficient (Wildman–Crippen LogP) is 1.70. The van der Waals surface area contributed by atoms with E-state index < -0.39 is 34.9 Å². The molecule has 0 bridgehead atoms. The van der Waals surface area contributed by atoms with Gasteiger partial charge in [-0.05, 0) is 9.91 Å². The van der Waals surface area contributed by atoms with E-state index in [0.717, 1.165) is 6.20 Å². The first kappa shape index (κ1) is 11.8. The molecule has 0 aliphatic carbocycles. The Morgan fingerprint density at radius 3 is 2.75 bits per heavy atom. The monoisotopic (exact) mass is 229 g/mol. The summed E-state index contributed by atoms with van der Waals surface area (Å²) in [5.74, 6) is -2.23. The Morgan fingerprint density at radius 1 is 1.69 bits per heavy atom. The number of hydrogen-bond acceptors (Lipinski definition) is 5. The van der Waals surface area contributed by atoms with E-state index in [1.165, 1.54) is 0 Å². The van der Waals surface area contributed by atoms with Crippen molar-refractivity contribution in [3.63, 3.8) is 0 Å². The Balaban J connectivity index is 3.42. The minimum absolute atomic E-state index is 0.222. The van der Waals surface area contributed by atoms with Crippen LogP contribution in [0.2, 0.25) is 0 Å². The highest BCUT2D eigenvalue weighted by atomic mass is 19.3. The number of pyridine rings is 1. The molecule has 0 aliphatic heterocycles. The average Bonchev–Trinajstić information content (AvgIpc) is 2.17. The van der Waals surface area contributed by atoms with Crippen molar-refractivity contribution in [3.05, 3.63) is 27.4 Å². The molecule has 0 aliphatic rings. The van der Waals surface area contributed by atoms with E-state index in [9.17, 15) is 24.0 Å². The lowest BCUT2D eigenvalue weighted by atomic mass is 10.1. The Labute approximate surface area is 87.9 Å². The molecule has 0 fully saturated rings. The summed E-state index contributed by atoms with van der Waals surface area (Å²) in [6, 6.07) is 1.60. The van der Waals surface area contributed by atoms with Crippen LogP contribution < -0.4 is 0 Å². The third kappa shape index (κ3) is 2.03.